The predicted octanol–water partition coefficient (Wildman–Crippen LogP) is 6.29. The molecule has 1 amide bonds. The summed E-state index contributed by atoms with van der Waals surface area (Å²) in [6.07, 6.45) is 0. The van der Waals surface area contributed by atoms with Crippen molar-refractivity contribution in [2.45, 2.75) is 11.9 Å². The van der Waals surface area contributed by atoms with Crippen LogP contribution < -0.4 is 10.1 Å². The Bertz CT molecular complexity index is 1390. The van der Waals surface area contributed by atoms with Crippen LogP contribution in [0.25, 0.3) is 21.7 Å². The molecule has 0 radical (unpaired) electrons. The second kappa shape index (κ2) is 11.0. The number of nitrogens with one attached hydrogen (secondary N) is 1. The van der Waals surface area contributed by atoms with Crippen LogP contribution in [0.4, 0.5) is 5.69 Å². The third-order valence-electron chi connectivity index (χ3n) is 5.19. The molecule has 8 heteroatoms. The summed E-state index contributed by atoms with van der Waals surface area (Å²) in [5.41, 5.74) is 3.99. The highest BCUT2D eigenvalue weighted by Crippen LogP contribution is 2.36. The Hall–Kier alpha value is -3.93. The van der Waals surface area contributed by atoms with Crippen LogP contribution in [0, 0.1) is 11.3 Å². The fourth-order valence-corrected chi connectivity index (χ4v) is 4.94. The van der Waals surface area contributed by atoms with E-state index in [9.17, 15) is 14.9 Å². The van der Waals surface area contributed by atoms with Crippen molar-refractivity contribution in [3.05, 3.63) is 83.2 Å². The summed E-state index contributed by atoms with van der Waals surface area (Å²) < 4.78 is 5.25. The van der Waals surface area contributed by atoms with Crippen LogP contribution in [0.5, 0.6) is 5.75 Å². The molecule has 1 N–H and O–H groups in total. The number of pyridine rings is 1. The predicted molar refractivity (Wildman–Crippen MR) is 140 cm³/mol. The molecule has 4 rings (SSSR count). The molecule has 35 heavy (non-hydrogen) atoms. The normalized spacial score (nSPS) is 10.4. The molecule has 2 aromatic carbocycles. The summed E-state index contributed by atoms with van der Waals surface area (Å²) in [7, 11) is 1.61. The maximum Gasteiger partial charge on any atom is 0.234 e. The van der Waals surface area contributed by atoms with Crippen LogP contribution in [-0.2, 0) is 4.79 Å². The number of hydrogen-bond acceptors (Lipinski definition) is 7. The number of rotatable bonds is 8. The number of benzene rings is 2. The number of ketones is 1. The summed E-state index contributed by atoms with van der Waals surface area (Å²) in [6.45, 7) is 1.49. The molecular formula is C27H21N3O3S2. The second-order valence-electron chi connectivity index (χ2n) is 7.52. The third kappa shape index (κ3) is 5.77. The molecule has 0 bridgehead atoms. The monoisotopic (exact) mass is 499 g/mol. The second-order valence-corrected chi connectivity index (χ2v) is 9.43. The van der Waals surface area contributed by atoms with Crippen molar-refractivity contribution in [3.8, 4) is 33.5 Å². The lowest BCUT2D eigenvalue weighted by Crippen LogP contribution is -2.14. The molecular weight excluding hydrogens is 478 g/mol. The number of Topliss-reactive ketones (excluding diaryl/α,β-unsaturated/α-hetero) is 1. The highest BCUT2D eigenvalue weighted by molar-refractivity contribution is 8.00. The van der Waals surface area contributed by atoms with E-state index in [1.807, 2.05) is 47.8 Å². The minimum Gasteiger partial charge on any atom is -0.497 e. The molecule has 0 aliphatic heterocycles. The van der Waals surface area contributed by atoms with Gasteiger partial charge in [0, 0.05) is 27.3 Å². The van der Waals surface area contributed by atoms with Gasteiger partial charge in [-0.3, -0.25) is 9.59 Å². The molecule has 0 aliphatic rings. The lowest BCUT2D eigenvalue weighted by Gasteiger charge is -2.12. The summed E-state index contributed by atoms with van der Waals surface area (Å²) in [5.74, 6) is 0.547. The van der Waals surface area contributed by atoms with E-state index in [2.05, 4.69) is 11.4 Å². The van der Waals surface area contributed by atoms with E-state index < -0.39 is 0 Å². The van der Waals surface area contributed by atoms with Gasteiger partial charge in [0.15, 0.2) is 5.78 Å². The minimum atomic E-state index is -0.233. The Balaban J connectivity index is 1.61. The first-order valence-corrected chi connectivity index (χ1v) is 12.5. The van der Waals surface area contributed by atoms with E-state index in [0.717, 1.165) is 21.8 Å². The molecule has 4 aromatic rings. The fourth-order valence-electron chi connectivity index (χ4n) is 3.39. The maximum atomic E-state index is 12.6. The summed E-state index contributed by atoms with van der Waals surface area (Å²) >= 11 is 2.76. The van der Waals surface area contributed by atoms with E-state index in [-0.39, 0.29) is 17.4 Å². The first-order valence-electron chi connectivity index (χ1n) is 10.7. The molecule has 0 atom stereocenters. The highest BCUT2D eigenvalue weighted by atomic mass is 32.2. The summed E-state index contributed by atoms with van der Waals surface area (Å²) in [6, 6.07) is 22.4. The van der Waals surface area contributed by atoms with E-state index >= 15 is 0 Å². The van der Waals surface area contributed by atoms with Crippen molar-refractivity contribution in [1.82, 2.24) is 4.98 Å². The molecule has 2 heterocycles. The Labute approximate surface area is 211 Å². The maximum absolute atomic E-state index is 12.6. The number of thiophene rings is 1. The van der Waals surface area contributed by atoms with Crippen molar-refractivity contribution in [2.75, 3.05) is 18.2 Å². The number of methoxy groups -OCH3 is 1. The van der Waals surface area contributed by atoms with Crippen molar-refractivity contribution >= 4 is 40.5 Å². The van der Waals surface area contributed by atoms with E-state index in [1.54, 1.807) is 42.7 Å². The number of aromatic nitrogens is 1. The van der Waals surface area contributed by atoms with Crippen LogP contribution in [-0.4, -0.2) is 29.5 Å². The Morgan fingerprint density at radius 3 is 2.46 bits per heavy atom. The Morgan fingerprint density at radius 1 is 1.11 bits per heavy atom. The molecule has 0 saturated carbocycles. The Kier molecular flexibility index (Phi) is 7.60. The molecule has 174 valence electrons. The van der Waals surface area contributed by atoms with Crippen LogP contribution >= 0.6 is 23.1 Å². The molecule has 0 aliphatic carbocycles. The van der Waals surface area contributed by atoms with Gasteiger partial charge in [0.05, 0.1) is 24.1 Å². The number of nitriles is 1. The largest absolute Gasteiger partial charge is 0.497 e. The van der Waals surface area contributed by atoms with Crippen LogP contribution in [0.2, 0.25) is 0 Å². The molecule has 6 nitrogen and oxygen atoms in total. The van der Waals surface area contributed by atoms with E-state index in [0.29, 0.717) is 27.5 Å². The fraction of sp³-hybridized carbons (Fsp3) is 0.111. The summed E-state index contributed by atoms with van der Waals surface area (Å²) in [5, 5.41) is 15.2. The van der Waals surface area contributed by atoms with Gasteiger partial charge in [-0.15, -0.1) is 11.3 Å². The van der Waals surface area contributed by atoms with Gasteiger partial charge in [0.2, 0.25) is 5.91 Å². The third-order valence-corrected chi connectivity index (χ3v) is 7.06. The molecule has 0 saturated heterocycles. The van der Waals surface area contributed by atoms with E-state index in [4.69, 9.17) is 9.72 Å². The van der Waals surface area contributed by atoms with E-state index in [1.165, 1.54) is 18.7 Å². The van der Waals surface area contributed by atoms with Crippen molar-refractivity contribution in [2.24, 2.45) is 0 Å². The molecule has 0 spiro atoms. The average Bonchev–Trinajstić information content (AvgIpc) is 3.42. The zero-order valence-corrected chi connectivity index (χ0v) is 20.7. The van der Waals surface area contributed by atoms with Crippen molar-refractivity contribution < 1.29 is 14.3 Å². The van der Waals surface area contributed by atoms with Gasteiger partial charge in [-0.1, -0.05) is 17.8 Å². The van der Waals surface area contributed by atoms with Crippen molar-refractivity contribution in [3.63, 3.8) is 0 Å². The molecule has 0 unspecified atom stereocenters. The van der Waals surface area contributed by atoms with Crippen molar-refractivity contribution in [1.29, 1.82) is 5.26 Å². The van der Waals surface area contributed by atoms with Crippen LogP contribution in [0.3, 0.4) is 0 Å². The zero-order valence-electron chi connectivity index (χ0n) is 19.1. The first-order chi connectivity index (χ1) is 17.0. The number of thioether (sulfide) groups is 1. The Morgan fingerprint density at radius 2 is 1.86 bits per heavy atom. The number of ether oxygens (including phenoxy) is 1. The lowest BCUT2D eigenvalue weighted by molar-refractivity contribution is -0.113. The molecule has 2 aromatic heterocycles. The lowest BCUT2D eigenvalue weighted by atomic mass is 10.0. The van der Waals surface area contributed by atoms with Gasteiger partial charge in [0.1, 0.15) is 16.8 Å². The average molecular weight is 500 g/mol. The quantitative estimate of drug-likeness (QED) is 0.226. The number of carbonyl (C=O) groups excluding carboxylic acids is 2. The SMILES string of the molecule is COc1ccc(-c2cc(-c3cccs3)c(C#N)c(SCC(=O)Nc3ccc(C(C)=O)cc3)n2)cc1. The number of hydrogen-bond donors (Lipinski definition) is 1. The minimum absolute atomic E-state index is 0.0353. The smallest absolute Gasteiger partial charge is 0.234 e. The number of anilines is 1. The van der Waals surface area contributed by atoms with Crippen LogP contribution in [0.15, 0.2) is 77.1 Å². The number of amides is 1. The van der Waals surface area contributed by atoms with Crippen LogP contribution in [0.1, 0.15) is 22.8 Å². The zero-order chi connectivity index (χ0) is 24.8. The van der Waals surface area contributed by atoms with Gasteiger partial charge in [-0.2, -0.15) is 5.26 Å². The summed E-state index contributed by atoms with van der Waals surface area (Å²) in [4.78, 5) is 29.8. The highest BCUT2D eigenvalue weighted by Gasteiger charge is 2.18. The standard InChI is InChI=1S/C27H21N3O3S2/c1-17(31)18-5-9-20(10-6-18)29-26(32)16-35-27-23(15-28)22(25-4-3-13-34-25)14-24(30-27)19-7-11-21(33-2)12-8-19/h3-14H,16H2,1-2H3,(H,29,32). The first kappa shape index (κ1) is 24.2. The van der Waals surface area contributed by atoms with Gasteiger partial charge < -0.3 is 10.1 Å². The molecule has 0 fully saturated rings. The van der Waals surface area contributed by atoms with Gasteiger partial charge >= 0.3 is 0 Å². The van der Waals surface area contributed by atoms with Gasteiger partial charge in [0.25, 0.3) is 0 Å². The van der Waals surface area contributed by atoms with Gasteiger partial charge in [-0.25, -0.2) is 4.98 Å². The topological polar surface area (TPSA) is 92.1 Å². The number of nitrogens with zero attached hydrogens (tertiary/aromatic N) is 2. The number of carbonyl (C=O) groups is 2. The van der Waals surface area contributed by atoms with Gasteiger partial charge in [-0.05, 0) is 73.0 Å².